The highest BCUT2D eigenvalue weighted by atomic mass is 16.1. The molecule has 3 rings (SSSR count). The molecule has 0 atom stereocenters. The maximum atomic E-state index is 13.1. The van der Waals surface area contributed by atoms with Crippen molar-refractivity contribution in [3.8, 4) is 0 Å². The lowest BCUT2D eigenvalue weighted by molar-refractivity contribution is -0.118. The number of hydrogen-bond donors (Lipinski definition) is 0. The molecule has 3 aromatic carbocycles. The van der Waals surface area contributed by atoms with Crippen LogP contribution >= 0.6 is 0 Å². The average Bonchev–Trinajstić information content (AvgIpc) is 2.90. The van der Waals surface area contributed by atoms with Crippen LogP contribution in [0.2, 0.25) is 0 Å². The first kappa shape index (κ1) is 30.5. The molecule has 0 aromatic heterocycles. The molecule has 0 radical (unpaired) electrons. The Bertz CT molecular complexity index is 1260. The molecule has 0 aliphatic rings. The van der Waals surface area contributed by atoms with E-state index in [9.17, 15) is 9.59 Å². The van der Waals surface area contributed by atoms with Crippen LogP contribution in [0, 0.1) is 26.7 Å². The van der Waals surface area contributed by atoms with Crippen LogP contribution in [0.15, 0.2) is 54.6 Å². The number of ketones is 2. The number of hydrogen-bond acceptors (Lipinski definition) is 2. The molecule has 0 saturated heterocycles. The standard InChI is InChI=1S/C37H48O2/c1-7-37(39)34-15-11-13-31(24-34)23-32-18-16-30(20-29(32)6)17-19-36(38)25-35-22-28(5)27(4)21-33(35)14-10-8-9-12-26(2)3/h11,13,15-16,18,20-22,24,26H,7-10,12,14,17,19,23,25H2,1-6H3. The van der Waals surface area contributed by atoms with Crippen molar-refractivity contribution in [3.63, 3.8) is 0 Å². The number of carbonyl (C=O) groups is 2. The molecular formula is C37H48O2. The second-order valence-corrected chi connectivity index (χ2v) is 11.8. The predicted octanol–water partition coefficient (Wildman–Crippen LogP) is 9.30. The van der Waals surface area contributed by atoms with E-state index in [4.69, 9.17) is 0 Å². The highest BCUT2D eigenvalue weighted by Gasteiger charge is 2.12. The minimum Gasteiger partial charge on any atom is -0.299 e. The monoisotopic (exact) mass is 524 g/mol. The number of rotatable bonds is 15. The molecule has 0 saturated carbocycles. The van der Waals surface area contributed by atoms with E-state index in [-0.39, 0.29) is 5.78 Å². The Kier molecular flexibility index (Phi) is 11.7. The zero-order valence-electron chi connectivity index (χ0n) is 25.2. The van der Waals surface area contributed by atoms with Gasteiger partial charge in [0.25, 0.3) is 0 Å². The maximum absolute atomic E-state index is 13.1. The Balaban J connectivity index is 1.58. The van der Waals surface area contributed by atoms with Gasteiger partial charge in [-0.3, -0.25) is 9.59 Å². The van der Waals surface area contributed by atoms with Crippen LogP contribution in [-0.2, 0) is 30.5 Å². The summed E-state index contributed by atoms with van der Waals surface area (Å²) >= 11 is 0. The van der Waals surface area contributed by atoms with Crippen molar-refractivity contribution < 1.29 is 9.59 Å². The molecule has 0 unspecified atom stereocenters. The lowest BCUT2D eigenvalue weighted by Gasteiger charge is -2.14. The zero-order chi connectivity index (χ0) is 28.4. The number of unbranched alkanes of at least 4 members (excludes halogenated alkanes) is 2. The fourth-order valence-corrected chi connectivity index (χ4v) is 5.35. The largest absolute Gasteiger partial charge is 0.299 e. The highest BCUT2D eigenvalue weighted by Crippen LogP contribution is 2.22. The van der Waals surface area contributed by atoms with Crippen molar-refractivity contribution in [2.24, 2.45) is 5.92 Å². The topological polar surface area (TPSA) is 34.1 Å². The fourth-order valence-electron chi connectivity index (χ4n) is 5.35. The molecule has 0 aliphatic carbocycles. The molecule has 0 aliphatic heterocycles. The van der Waals surface area contributed by atoms with Gasteiger partial charge in [0.1, 0.15) is 5.78 Å². The van der Waals surface area contributed by atoms with Gasteiger partial charge in [-0.05, 0) is 103 Å². The summed E-state index contributed by atoms with van der Waals surface area (Å²) in [6.45, 7) is 13.0. The predicted molar refractivity (Wildman–Crippen MR) is 165 cm³/mol. The SMILES string of the molecule is CCC(=O)c1cccc(Cc2ccc(CCC(=O)Cc3cc(C)c(C)cc3CCCCCC(C)C)cc2C)c1. The molecule has 0 fully saturated rings. The minimum absolute atomic E-state index is 0.183. The first-order valence-electron chi connectivity index (χ1n) is 15.0. The van der Waals surface area contributed by atoms with Crippen LogP contribution in [0.3, 0.4) is 0 Å². The van der Waals surface area contributed by atoms with Crippen LogP contribution in [-0.4, -0.2) is 11.6 Å². The summed E-state index contributed by atoms with van der Waals surface area (Å²) in [7, 11) is 0. The van der Waals surface area contributed by atoms with E-state index in [0.717, 1.165) is 36.3 Å². The number of carbonyl (C=O) groups excluding carboxylic acids is 2. The molecule has 0 heterocycles. The summed E-state index contributed by atoms with van der Waals surface area (Å²) in [5, 5.41) is 0. The third-order valence-corrected chi connectivity index (χ3v) is 8.00. The van der Waals surface area contributed by atoms with Gasteiger partial charge in [-0.25, -0.2) is 0 Å². The molecule has 39 heavy (non-hydrogen) atoms. The van der Waals surface area contributed by atoms with Gasteiger partial charge in [0.15, 0.2) is 5.78 Å². The van der Waals surface area contributed by atoms with E-state index in [0.29, 0.717) is 25.0 Å². The van der Waals surface area contributed by atoms with E-state index in [1.807, 2.05) is 25.1 Å². The smallest absolute Gasteiger partial charge is 0.162 e. The average molecular weight is 525 g/mol. The number of Topliss-reactive ketones (excluding diaryl/α,β-unsaturated/α-hetero) is 2. The van der Waals surface area contributed by atoms with Gasteiger partial charge in [-0.1, -0.05) is 88.6 Å². The molecule has 0 spiro atoms. The lowest BCUT2D eigenvalue weighted by Crippen LogP contribution is -2.08. The highest BCUT2D eigenvalue weighted by molar-refractivity contribution is 5.96. The van der Waals surface area contributed by atoms with E-state index in [2.05, 4.69) is 71.0 Å². The summed E-state index contributed by atoms with van der Waals surface area (Å²) in [5.74, 6) is 1.27. The van der Waals surface area contributed by atoms with Crippen molar-refractivity contribution in [2.45, 2.75) is 106 Å². The van der Waals surface area contributed by atoms with Crippen molar-refractivity contribution in [3.05, 3.63) is 105 Å². The quantitative estimate of drug-likeness (QED) is 0.147. The maximum Gasteiger partial charge on any atom is 0.162 e. The Morgan fingerprint density at radius 1 is 0.718 bits per heavy atom. The first-order valence-corrected chi connectivity index (χ1v) is 15.0. The summed E-state index contributed by atoms with van der Waals surface area (Å²) in [6, 6.07) is 19.1. The molecule has 2 heteroatoms. The zero-order valence-corrected chi connectivity index (χ0v) is 25.2. The molecule has 0 amide bonds. The summed E-state index contributed by atoms with van der Waals surface area (Å²) in [5.41, 5.74) is 10.8. The van der Waals surface area contributed by atoms with Crippen molar-refractivity contribution >= 4 is 11.6 Å². The Morgan fingerprint density at radius 2 is 1.46 bits per heavy atom. The normalized spacial score (nSPS) is 11.3. The second kappa shape index (κ2) is 15.0. The van der Waals surface area contributed by atoms with E-state index >= 15 is 0 Å². The van der Waals surface area contributed by atoms with Crippen LogP contribution < -0.4 is 0 Å². The van der Waals surface area contributed by atoms with Gasteiger partial charge in [0.05, 0.1) is 0 Å². The third kappa shape index (κ3) is 9.60. The summed E-state index contributed by atoms with van der Waals surface area (Å²) < 4.78 is 0. The Labute approximate surface area is 237 Å². The van der Waals surface area contributed by atoms with Crippen molar-refractivity contribution in [2.75, 3.05) is 0 Å². The van der Waals surface area contributed by atoms with Gasteiger partial charge in [-0.2, -0.15) is 0 Å². The number of benzene rings is 3. The Hall–Kier alpha value is -3.00. The van der Waals surface area contributed by atoms with Crippen LogP contribution in [0.1, 0.15) is 114 Å². The van der Waals surface area contributed by atoms with E-state index in [1.165, 1.54) is 64.6 Å². The van der Waals surface area contributed by atoms with E-state index < -0.39 is 0 Å². The molecular weight excluding hydrogens is 476 g/mol. The van der Waals surface area contributed by atoms with Crippen molar-refractivity contribution in [1.29, 1.82) is 0 Å². The molecule has 2 nitrogen and oxygen atoms in total. The minimum atomic E-state index is 0.183. The van der Waals surface area contributed by atoms with Crippen LogP contribution in [0.25, 0.3) is 0 Å². The number of aryl methyl sites for hydroxylation is 5. The Morgan fingerprint density at radius 3 is 2.15 bits per heavy atom. The van der Waals surface area contributed by atoms with Gasteiger partial charge in [0.2, 0.25) is 0 Å². The van der Waals surface area contributed by atoms with E-state index in [1.54, 1.807) is 0 Å². The molecule has 3 aromatic rings. The lowest BCUT2D eigenvalue weighted by atomic mass is 9.91. The van der Waals surface area contributed by atoms with Crippen LogP contribution in [0.4, 0.5) is 0 Å². The third-order valence-electron chi connectivity index (χ3n) is 8.00. The molecule has 0 bridgehead atoms. The van der Waals surface area contributed by atoms with Gasteiger partial charge >= 0.3 is 0 Å². The summed E-state index contributed by atoms with van der Waals surface area (Å²) in [6.07, 6.45) is 9.33. The summed E-state index contributed by atoms with van der Waals surface area (Å²) in [4.78, 5) is 25.1. The molecule has 0 N–H and O–H groups in total. The van der Waals surface area contributed by atoms with Gasteiger partial charge in [-0.15, -0.1) is 0 Å². The van der Waals surface area contributed by atoms with Gasteiger partial charge in [0, 0.05) is 24.8 Å². The van der Waals surface area contributed by atoms with Gasteiger partial charge < -0.3 is 0 Å². The fraction of sp³-hybridized carbons (Fsp3) is 0.459. The molecule has 208 valence electrons. The van der Waals surface area contributed by atoms with Crippen LogP contribution in [0.5, 0.6) is 0 Å². The first-order chi connectivity index (χ1) is 18.7. The van der Waals surface area contributed by atoms with Crippen molar-refractivity contribution in [1.82, 2.24) is 0 Å². The second-order valence-electron chi connectivity index (χ2n) is 11.8.